The number of rotatable bonds is 10. The van der Waals surface area contributed by atoms with Gasteiger partial charge in [-0.3, -0.25) is 4.79 Å². The topological polar surface area (TPSA) is 43.4 Å². The molecule has 2 rings (SSSR count). The van der Waals surface area contributed by atoms with Crippen LogP contribution >= 0.6 is 11.6 Å². The summed E-state index contributed by atoms with van der Waals surface area (Å²) >= 11 is 5.39. The van der Waals surface area contributed by atoms with Crippen LogP contribution in [0.3, 0.4) is 0 Å². The molecule has 0 aliphatic carbocycles. The van der Waals surface area contributed by atoms with Crippen LogP contribution in [-0.4, -0.2) is 11.2 Å². The van der Waals surface area contributed by atoms with Gasteiger partial charge in [0.2, 0.25) is 0 Å². The molecule has 0 N–H and O–H groups in total. The number of benzene rings is 2. The Morgan fingerprint density at radius 2 is 1.38 bits per heavy atom. The van der Waals surface area contributed by atoms with Crippen molar-refractivity contribution in [2.24, 2.45) is 0 Å². The molecule has 26 heavy (non-hydrogen) atoms. The second kappa shape index (κ2) is 10.8. The molecule has 2 aromatic carbocycles. The Bertz CT molecular complexity index is 705. The Labute approximate surface area is 160 Å². The van der Waals surface area contributed by atoms with E-state index in [-0.39, 0.29) is 0 Å². The highest BCUT2D eigenvalue weighted by Crippen LogP contribution is 2.16. The molecule has 0 spiro atoms. The van der Waals surface area contributed by atoms with Crippen molar-refractivity contribution in [2.45, 2.75) is 51.9 Å². The highest BCUT2D eigenvalue weighted by molar-refractivity contribution is 6.67. The molecule has 0 aliphatic heterocycles. The Morgan fingerprint density at radius 1 is 0.808 bits per heavy atom. The number of halogens is 1. The first-order valence-electron chi connectivity index (χ1n) is 9.21. The number of carbonyl (C=O) groups excluding carboxylic acids is 2. The van der Waals surface area contributed by atoms with Gasteiger partial charge < -0.3 is 4.74 Å². The molecule has 0 saturated heterocycles. The molecule has 0 bridgehead atoms. The zero-order chi connectivity index (χ0) is 18.8. The van der Waals surface area contributed by atoms with Gasteiger partial charge in [-0.1, -0.05) is 51.2 Å². The van der Waals surface area contributed by atoms with Gasteiger partial charge in [0, 0.05) is 5.56 Å². The predicted octanol–water partition coefficient (Wildman–Crippen LogP) is 6.19. The lowest BCUT2D eigenvalue weighted by molar-refractivity contribution is 0.0734. The number of ether oxygens (including phenoxy) is 1. The van der Waals surface area contributed by atoms with E-state index in [2.05, 4.69) is 6.92 Å². The second-order valence-corrected chi connectivity index (χ2v) is 6.75. The number of hydrogen-bond acceptors (Lipinski definition) is 3. The van der Waals surface area contributed by atoms with Crippen LogP contribution in [0.2, 0.25) is 0 Å². The summed E-state index contributed by atoms with van der Waals surface area (Å²) in [6.07, 6.45) is 8.68. The molecule has 0 fully saturated rings. The van der Waals surface area contributed by atoms with Gasteiger partial charge in [-0.25, -0.2) is 4.79 Å². The summed E-state index contributed by atoms with van der Waals surface area (Å²) in [4.78, 5) is 23.2. The average Bonchev–Trinajstić information content (AvgIpc) is 2.65. The zero-order valence-corrected chi connectivity index (χ0v) is 15.9. The monoisotopic (exact) mass is 372 g/mol. The lowest BCUT2D eigenvalue weighted by atomic mass is 10.0. The van der Waals surface area contributed by atoms with Crippen LogP contribution in [0.25, 0.3) is 0 Å². The van der Waals surface area contributed by atoms with Gasteiger partial charge in [0.25, 0.3) is 5.24 Å². The van der Waals surface area contributed by atoms with E-state index < -0.39 is 11.2 Å². The smallest absolute Gasteiger partial charge is 0.343 e. The largest absolute Gasteiger partial charge is 0.423 e. The van der Waals surface area contributed by atoms with Gasteiger partial charge in [-0.15, -0.1) is 0 Å². The molecule has 0 amide bonds. The Kier molecular flexibility index (Phi) is 8.36. The van der Waals surface area contributed by atoms with Crippen molar-refractivity contribution in [3.8, 4) is 5.75 Å². The summed E-state index contributed by atoms with van der Waals surface area (Å²) in [5, 5.41) is -0.538. The minimum atomic E-state index is -0.538. The standard InChI is InChI=1S/C22H25ClO3/c1-2-3-4-5-6-7-8-17-9-11-19(12-10-17)22(25)26-20-15-13-18(14-16-20)21(23)24/h9-16H,2-8H2,1H3. The van der Waals surface area contributed by atoms with Crippen LogP contribution in [0.4, 0.5) is 0 Å². The van der Waals surface area contributed by atoms with Gasteiger partial charge >= 0.3 is 5.97 Å². The third kappa shape index (κ3) is 6.64. The second-order valence-electron chi connectivity index (χ2n) is 6.40. The van der Waals surface area contributed by atoms with Crippen molar-refractivity contribution in [3.05, 3.63) is 65.2 Å². The molecule has 0 aliphatic rings. The van der Waals surface area contributed by atoms with E-state index in [0.717, 1.165) is 6.42 Å². The number of hydrogen-bond donors (Lipinski definition) is 0. The Morgan fingerprint density at radius 3 is 2.00 bits per heavy atom. The molecular formula is C22H25ClO3. The molecule has 2 aromatic rings. The summed E-state index contributed by atoms with van der Waals surface area (Å²) in [7, 11) is 0. The first-order valence-corrected chi connectivity index (χ1v) is 9.59. The van der Waals surface area contributed by atoms with Crippen LogP contribution in [-0.2, 0) is 6.42 Å². The summed E-state index contributed by atoms with van der Waals surface area (Å²) in [6, 6.07) is 13.7. The van der Waals surface area contributed by atoms with Gasteiger partial charge in [-0.2, -0.15) is 0 Å². The molecule has 0 atom stereocenters. The van der Waals surface area contributed by atoms with Crippen molar-refractivity contribution in [1.82, 2.24) is 0 Å². The molecule has 0 radical (unpaired) electrons. The maximum Gasteiger partial charge on any atom is 0.343 e. The average molecular weight is 373 g/mol. The van der Waals surface area contributed by atoms with Crippen LogP contribution in [0.1, 0.15) is 71.7 Å². The Hall–Kier alpha value is -2.13. The predicted molar refractivity (Wildman–Crippen MR) is 105 cm³/mol. The van der Waals surface area contributed by atoms with E-state index in [1.807, 2.05) is 12.1 Å². The third-order valence-electron chi connectivity index (χ3n) is 4.30. The van der Waals surface area contributed by atoms with Crippen molar-refractivity contribution in [2.75, 3.05) is 0 Å². The first-order chi connectivity index (χ1) is 12.6. The normalized spacial score (nSPS) is 10.5. The van der Waals surface area contributed by atoms with E-state index in [0.29, 0.717) is 16.9 Å². The molecule has 0 heterocycles. The lowest BCUT2D eigenvalue weighted by Crippen LogP contribution is -2.08. The van der Waals surface area contributed by atoms with Crippen molar-refractivity contribution >= 4 is 22.8 Å². The molecule has 3 nitrogen and oxygen atoms in total. The molecule has 0 unspecified atom stereocenters. The number of unbranched alkanes of at least 4 members (excludes halogenated alkanes) is 5. The summed E-state index contributed by atoms with van der Waals surface area (Å²) < 4.78 is 5.32. The van der Waals surface area contributed by atoms with Crippen LogP contribution in [0.5, 0.6) is 5.75 Å². The van der Waals surface area contributed by atoms with Crippen molar-refractivity contribution < 1.29 is 14.3 Å². The van der Waals surface area contributed by atoms with Gasteiger partial charge in [0.05, 0.1) is 5.56 Å². The number of esters is 1. The van der Waals surface area contributed by atoms with Gasteiger partial charge in [0.1, 0.15) is 5.75 Å². The van der Waals surface area contributed by atoms with E-state index >= 15 is 0 Å². The molecule has 0 aromatic heterocycles. The zero-order valence-electron chi connectivity index (χ0n) is 15.2. The minimum absolute atomic E-state index is 0.366. The first kappa shape index (κ1) is 20.2. The quantitative estimate of drug-likeness (QED) is 0.216. The molecular weight excluding hydrogens is 348 g/mol. The van der Waals surface area contributed by atoms with Crippen LogP contribution in [0.15, 0.2) is 48.5 Å². The van der Waals surface area contributed by atoms with E-state index in [9.17, 15) is 9.59 Å². The van der Waals surface area contributed by atoms with Crippen molar-refractivity contribution in [3.63, 3.8) is 0 Å². The maximum absolute atomic E-state index is 12.2. The van der Waals surface area contributed by atoms with Crippen molar-refractivity contribution in [1.29, 1.82) is 0 Å². The maximum atomic E-state index is 12.2. The van der Waals surface area contributed by atoms with E-state index in [4.69, 9.17) is 16.3 Å². The highest BCUT2D eigenvalue weighted by Gasteiger charge is 2.09. The summed E-state index contributed by atoms with van der Waals surface area (Å²) in [5.41, 5.74) is 2.11. The fraction of sp³-hybridized carbons (Fsp3) is 0.364. The molecule has 0 saturated carbocycles. The highest BCUT2D eigenvalue weighted by atomic mass is 35.5. The van der Waals surface area contributed by atoms with Gasteiger partial charge in [0.15, 0.2) is 0 Å². The summed E-state index contributed by atoms with van der Waals surface area (Å²) in [6.45, 7) is 2.22. The van der Waals surface area contributed by atoms with Crippen LogP contribution in [0, 0.1) is 0 Å². The number of carbonyl (C=O) groups is 2. The van der Waals surface area contributed by atoms with E-state index in [1.54, 1.807) is 24.3 Å². The molecule has 138 valence electrons. The third-order valence-corrected chi connectivity index (χ3v) is 4.52. The lowest BCUT2D eigenvalue weighted by Gasteiger charge is -2.06. The fourth-order valence-electron chi connectivity index (χ4n) is 2.74. The SMILES string of the molecule is CCCCCCCCc1ccc(C(=O)Oc2ccc(C(=O)Cl)cc2)cc1. The van der Waals surface area contributed by atoms with Gasteiger partial charge in [-0.05, 0) is 66.4 Å². The van der Waals surface area contributed by atoms with E-state index in [1.165, 1.54) is 56.2 Å². The van der Waals surface area contributed by atoms with Crippen LogP contribution < -0.4 is 4.74 Å². The minimum Gasteiger partial charge on any atom is -0.423 e. The Balaban J connectivity index is 1.81. The summed E-state index contributed by atoms with van der Waals surface area (Å²) in [5.74, 6) is -0.0334. The molecule has 4 heteroatoms. The fourth-order valence-corrected chi connectivity index (χ4v) is 2.86. The number of aryl methyl sites for hydroxylation is 1.